The number of hydrogen-bond acceptors (Lipinski definition) is 5. The third-order valence-corrected chi connectivity index (χ3v) is 4.62. The minimum Gasteiger partial charge on any atom is -0.492 e. The van der Waals surface area contributed by atoms with E-state index in [1.807, 2.05) is 6.92 Å². The molecule has 1 heterocycles. The van der Waals surface area contributed by atoms with Gasteiger partial charge in [0, 0.05) is 31.8 Å². The second-order valence-corrected chi connectivity index (χ2v) is 6.37. The summed E-state index contributed by atoms with van der Waals surface area (Å²) in [5.74, 6) is 0.580. The summed E-state index contributed by atoms with van der Waals surface area (Å²) < 4.78 is 37.9. The summed E-state index contributed by atoms with van der Waals surface area (Å²) in [5, 5.41) is 0.549. The molecule has 0 radical (unpaired) electrons. The van der Waals surface area contributed by atoms with E-state index in [0.717, 1.165) is 0 Å². The normalized spacial score (nSPS) is 11.7. The van der Waals surface area contributed by atoms with Crippen LogP contribution >= 0.6 is 0 Å². The number of ether oxygens (including phenoxy) is 2. The number of aromatic nitrogens is 1. The van der Waals surface area contributed by atoms with Crippen molar-refractivity contribution < 1.29 is 17.9 Å². The van der Waals surface area contributed by atoms with Crippen LogP contribution in [0.2, 0.25) is 0 Å². The van der Waals surface area contributed by atoms with Gasteiger partial charge in [-0.1, -0.05) is 0 Å². The lowest BCUT2D eigenvalue weighted by atomic mass is 10.2. The van der Waals surface area contributed by atoms with Gasteiger partial charge in [-0.3, -0.25) is 4.98 Å². The molecule has 6 nitrogen and oxygen atoms in total. The fourth-order valence-electron chi connectivity index (χ4n) is 2.13. The molecule has 22 heavy (non-hydrogen) atoms. The van der Waals surface area contributed by atoms with Crippen LogP contribution in [0.4, 0.5) is 0 Å². The zero-order valence-electron chi connectivity index (χ0n) is 12.7. The smallest absolute Gasteiger partial charge is 0.241 e. The maximum absolute atomic E-state index is 12.5. The van der Waals surface area contributed by atoms with Gasteiger partial charge in [0.2, 0.25) is 10.0 Å². The highest BCUT2D eigenvalue weighted by Crippen LogP contribution is 2.29. The second-order valence-electron chi connectivity index (χ2n) is 4.64. The van der Waals surface area contributed by atoms with Gasteiger partial charge in [0.05, 0.1) is 11.5 Å². The van der Waals surface area contributed by atoms with Crippen LogP contribution in [0.1, 0.15) is 13.3 Å². The van der Waals surface area contributed by atoms with Gasteiger partial charge < -0.3 is 9.47 Å². The SMILES string of the molecule is CCOc1ccc(S(=O)(=O)NCCCOC)c2cccnc12. The third kappa shape index (κ3) is 3.73. The van der Waals surface area contributed by atoms with Crippen molar-refractivity contribution in [2.75, 3.05) is 26.9 Å². The van der Waals surface area contributed by atoms with Crippen molar-refractivity contribution in [3.8, 4) is 5.75 Å². The van der Waals surface area contributed by atoms with Gasteiger partial charge in [0.25, 0.3) is 0 Å². The quantitative estimate of drug-likeness (QED) is 0.751. The summed E-state index contributed by atoms with van der Waals surface area (Å²) in [7, 11) is -2.02. The molecule has 2 rings (SSSR count). The maximum Gasteiger partial charge on any atom is 0.241 e. The molecule has 0 aliphatic carbocycles. The molecule has 0 atom stereocenters. The fraction of sp³-hybridized carbons (Fsp3) is 0.400. The summed E-state index contributed by atoms with van der Waals surface area (Å²) >= 11 is 0. The van der Waals surface area contributed by atoms with Gasteiger partial charge in [-0.15, -0.1) is 0 Å². The Balaban J connectivity index is 2.37. The highest BCUT2D eigenvalue weighted by Gasteiger charge is 2.19. The lowest BCUT2D eigenvalue weighted by Gasteiger charge is -2.12. The molecule has 2 aromatic rings. The van der Waals surface area contributed by atoms with Gasteiger partial charge in [0.1, 0.15) is 11.3 Å². The molecule has 7 heteroatoms. The Morgan fingerprint density at radius 2 is 2.09 bits per heavy atom. The van der Waals surface area contributed by atoms with Crippen molar-refractivity contribution in [2.24, 2.45) is 0 Å². The molecular formula is C15H20N2O4S. The highest BCUT2D eigenvalue weighted by atomic mass is 32.2. The Labute approximate surface area is 130 Å². The standard InChI is InChI=1S/C15H20N2O4S/c1-3-21-13-7-8-14(12-6-4-9-16-15(12)13)22(18,19)17-10-5-11-20-2/h4,6-9,17H,3,5,10-11H2,1-2H3. The molecule has 0 bridgehead atoms. The number of benzene rings is 1. The molecule has 0 fully saturated rings. The number of pyridine rings is 1. The summed E-state index contributed by atoms with van der Waals surface area (Å²) in [6, 6.07) is 6.63. The monoisotopic (exact) mass is 324 g/mol. The van der Waals surface area contributed by atoms with Crippen LogP contribution in [0.15, 0.2) is 35.4 Å². The van der Waals surface area contributed by atoms with Crippen LogP contribution < -0.4 is 9.46 Å². The molecule has 0 saturated carbocycles. The van der Waals surface area contributed by atoms with Crippen molar-refractivity contribution in [2.45, 2.75) is 18.2 Å². The minimum atomic E-state index is -3.60. The van der Waals surface area contributed by atoms with Crippen LogP contribution in [0.5, 0.6) is 5.75 Å². The summed E-state index contributed by atoms with van der Waals surface area (Å²) in [5.41, 5.74) is 0.545. The van der Waals surface area contributed by atoms with Crippen molar-refractivity contribution in [3.05, 3.63) is 30.5 Å². The Kier molecular flexibility index (Phi) is 5.70. The van der Waals surface area contributed by atoms with Crippen LogP contribution in [-0.2, 0) is 14.8 Å². The molecule has 0 unspecified atom stereocenters. The van der Waals surface area contributed by atoms with E-state index in [9.17, 15) is 8.42 Å². The predicted molar refractivity (Wildman–Crippen MR) is 84.6 cm³/mol. The van der Waals surface area contributed by atoms with Gasteiger partial charge in [-0.05, 0) is 37.6 Å². The van der Waals surface area contributed by atoms with E-state index in [1.54, 1.807) is 37.6 Å². The highest BCUT2D eigenvalue weighted by molar-refractivity contribution is 7.89. The molecule has 0 aliphatic rings. The van der Waals surface area contributed by atoms with Crippen molar-refractivity contribution in [3.63, 3.8) is 0 Å². The average molecular weight is 324 g/mol. The minimum absolute atomic E-state index is 0.205. The Morgan fingerprint density at radius 3 is 2.82 bits per heavy atom. The Hall–Kier alpha value is -1.70. The number of rotatable bonds is 8. The summed E-state index contributed by atoms with van der Waals surface area (Å²) in [6.07, 6.45) is 2.23. The first-order valence-electron chi connectivity index (χ1n) is 7.09. The van der Waals surface area contributed by atoms with Crippen molar-refractivity contribution >= 4 is 20.9 Å². The van der Waals surface area contributed by atoms with Gasteiger partial charge in [-0.2, -0.15) is 0 Å². The number of fused-ring (bicyclic) bond motifs is 1. The summed E-state index contributed by atoms with van der Waals surface area (Å²) in [4.78, 5) is 4.45. The van der Waals surface area contributed by atoms with E-state index < -0.39 is 10.0 Å². The predicted octanol–water partition coefficient (Wildman–Crippen LogP) is 1.95. The zero-order chi connectivity index (χ0) is 16.0. The third-order valence-electron chi connectivity index (χ3n) is 3.10. The Bertz CT molecular complexity index is 731. The van der Waals surface area contributed by atoms with E-state index in [1.165, 1.54) is 0 Å². The molecular weight excluding hydrogens is 304 g/mol. The lowest BCUT2D eigenvalue weighted by molar-refractivity contribution is 0.196. The van der Waals surface area contributed by atoms with Crippen LogP contribution in [0.25, 0.3) is 10.9 Å². The molecule has 0 amide bonds. The molecule has 1 aromatic carbocycles. The molecule has 1 N–H and O–H groups in total. The van der Waals surface area contributed by atoms with Crippen LogP contribution in [0, 0.1) is 0 Å². The lowest BCUT2D eigenvalue weighted by Crippen LogP contribution is -2.25. The average Bonchev–Trinajstić information content (AvgIpc) is 2.52. The van der Waals surface area contributed by atoms with E-state index in [2.05, 4.69) is 9.71 Å². The fourth-order valence-corrected chi connectivity index (χ4v) is 3.40. The molecule has 0 saturated heterocycles. The molecule has 1 aromatic heterocycles. The van der Waals surface area contributed by atoms with Gasteiger partial charge in [0.15, 0.2) is 0 Å². The van der Waals surface area contributed by atoms with Gasteiger partial charge >= 0.3 is 0 Å². The van der Waals surface area contributed by atoms with E-state index in [-0.39, 0.29) is 4.90 Å². The zero-order valence-corrected chi connectivity index (χ0v) is 13.5. The number of methoxy groups -OCH3 is 1. The van der Waals surface area contributed by atoms with E-state index in [4.69, 9.17) is 9.47 Å². The largest absolute Gasteiger partial charge is 0.492 e. The van der Waals surface area contributed by atoms with E-state index >= 15 is 0 Å². The second kappa shape index (κ2) is 7.53. The first-order chi connectivity index (χ1) is 10.6. The maximum atomic E-state index is 12.5. The van der Waals surface area contributed by atoms with Crippen LogP contribution in [-0.4, -0.2) is 40.3 Å². The number of sulfonamides is 1. The van der Waals surface area contributed by atoms with Gasteiger partial charge in [-0.25, -0.2) is 13.1 Å². The molecule has 120 valence electrons. The topological polar surface area (TPSA) is 77.5 Å². The first kappa shape index (κ1) is 16.7. The Morgan fingerprint density at radius 1 is 1.27 bits per heavy atom. The number of hydrogen-bond donors (Lipinski definition) is 1. The van der Waals surface area contributed by atoms with Crippen LogP contribution in [0.3, 0.4) is 0 Å². The number of nitrogens with zero attached hydrogens (tertiary/aromatic N) is 1. The molecule has 0 aliphatic heterocycles. The van der Waals surface area contributed by atoms with Crippen molar-refractivity contribution in [1.82, 2.24) is 9.71 Å². The summed E-state index contributed by atoms with van der Waals surface area (Å²) in [6.45, 7) is 3.20. The molecule has 0 spiro atoms. The first-order valence-corrected chi connectivity index (χ1v) is 8.57. The number of nitrogens with one attached hydrogen (secondary N) is 1. The van der Waals surface area contributed by atoms with E-state index in [0.29, 0.717) is 42.8 Å². The van der Waals surface area contributed by atoms with Crippen molar-refractivity contribution in [1.29, 1.82) is 0 Å².